The first-order valence-corrected chi connectivity index (χ1v) is 9.22. The van der Waals surface area contributed by atoms with Crippen molar-refractivity contribution in [2.45, 2.75) is 22.8 Å². The third-order valence-corrected chi connectivity index (χ3v) is 6.09. The molecule has 1 aliphatic rings. The van der Waals surface area contributed by atoms with Gasteiger partial charge in [-0.3, -0.25) is 0 Å². The summed E-state index contributed by atoms with van der Waals surface area (Å²) in [6.07, 6.45) is 0.838. The zero-order valence-corrected chi connectivity index (χ0v) is 14.0. The minimum Gasteiger partial charge on any atom is -0.497 e. The number of furan rings is 1. The van der Waals surface area contributed by atoms with Crippen molar-refractivity contribution in [1.29, 1.82) is 0 Å². The van der Waals surface area contributed by atoms with Gasteiger partial charge in [0.05, 0.1) is 23.4 Å². The molecule has 0 saturated heterocycles. The van der Waals surface area contributed by atoms with Crippen LogP contribution in [0.5, 0.6) is 5.75 Å². The monoisotopic (exact) mass is 343 g/mol. The molecule has 6 heteroatoms. The van der Waals surface area contributed by atoms with Gasteiger partial charge in [-0.1, -0.05) is 6.07 Å². The molecular weight excluding hydrogens is 326 g/mol. The molecule has 2 heterocycles. The molecule has 0 amide bonds. The van der Waals surface area contributed by atoms with Crippen LogP contribution >= 0.6 is 0 Å². The van der Waals surface area contributed by atoms with E-state index in [0.717, 1.165) is 35.3 Å². The number of nitrogens with one attached hydrogen (secondary N) is 1. The third kappa shape index (κ3) is 2.39. The number of rotatable bonds is 3. The molecule has 24 heavy (non-hydrogen) atoms. The molecule has 0 aliphatic carbocycles. The molecule has 0 unspecified atom stereocenters. The van der Waals surface area contributed by atoms with Crippen LogP contribution in [0.3, 0.4) is 0 Å². The maximum atomic E-state index is 12.9. The Balaban J connectivity index is 1.85. The van der Waals surface area contributed by atoms with Crippen LogP contribution in [0, 0.1) is 0 Å². The van der Waals surface area contributed by atoms with Gasteiger partial charge >= 0.3 is 0 Å². The van der Waals surface area contributed by atoms with Gasteiger partial charge in [0.15, 0.2) is 0 Å². The fourth-order valence-electron chi connectivity index (χ4n) is 3.08. The number of ether oxygens (including phenoxy) is 1. The highest BCUT2D eigenvalue weighted by atomic mass is 32.2. The minimum absolute atomic E-state index is 0.222. The number of hydrogen-bond donors (Lipinski definition) is 1. The van der Waals surface area contributed by atoms with Gasteiger partial charge in [0.25, 0.3) is 0 Å². The maximum absolute atomic E-state index is 12.9. The lowest BCUT2D eigenvalue weighted by Gasteiger charge is -2.11. The van der Waals surface area contributed by atoms with Gasteiger partial charge in [-0.2, -0.15) is 0 Å². The van der Waals surface area contributed by atoms with E-state index in [-0.39, 0.29) is 9.79 Å². The summed E-state index contributed by atoms with van der Waals surface area (Å²) in [6.45, 7) is 1.55. The van der Waals surface area contributed by atoms with Crippen molar-refractivity contribution in [3.8, 4) is 5.75 Å². The highest BCUT2D eigenvalue weighted by molar-refractivity contribution is 7.91. The topological polar surface area (TPSA) is 68.5 Å². The van der Waals surface area contributed by atoms with Crippen LogP contribution in [0.25, 0.3) is 11.0 Å². The summed E-state index contributed by atoms with van der Waals surface area (Å²) >= 11 is 0. The van der Waals surface area contributed by atoms with Crippen molar-refractivity contribution in [3.05, 3.63) is 53.8 Å². The Morgan fingerprint density at radius 1 is 1.12 bits per heavy atom. The van der Waals surface area contributed by atoms with Crippen molar-refractivity contribution in [1.82, 2.24) is 5.32 Å². The first-order valence-electron chi connectivity index (χ1n) is 7.74. The quantitative estimate of drug-likeness (QED) is 0.792. The zero-order valence-electron chi connectivity index (χ0n) is 13.2. The van der Waals surface area contributed by atoms with E-state index in [0.29, 0.717) is 12.3 Å². The molecule has 5 nitrogen and oxygen atoms in total. The second-order valence-electron chi connectivity index (χ2n) is 5.77. The van der Waals surface area contributed by atoms with Crippen molar-refractivity contribution in [2.24, 2.45) is 0 Å². The van der Waals surface area contributed by atoms with E-state index in [1.165, 1.54) is 13.2 Å². The third-order valence-electron chi connectivity index (χ3n) is 4.35. The van der Waals surface area contributed by atoms with E-state index in [4.69, 9.17) is 9.15 Å². The van der Waals surface area contributed by atoms with E-state index in [9.17, 15) is 8.42 Å². The summed E-state index contributed by atoms with van der Waals surface area (Å²) in [5.41, 5.74) is 1.83. The Morgan fingerprint density at radius 2 is 1.96 bits per heavy atom. The molecule has 0 bridgehead atoms. The number of fused-ring (bicyclic) bond motifs is 3. The highest BCUT2D eigenvalue weighted by Gasteiger charge is 2.22. The molecule has 3 aromatic rings. The van der Waals surface area contributed by atoms with E-state index < -0.39 is 9.84 Å². The summed E-state index contributed by atoms with van der Waals surface area (Å²) in [7, 11) is -2.09. The zero-order chi connectivity index (χ0) is 16.7. The van der Waals surface area contributed by atoms with Gasteiger partial charge in [0.2, 0.25) is 9.84 Å². The summed E-state index contributed by atoms with van der Waals surface area (Å²) in [4.78, 5) is 0.491. The largest absolute Gasteiger partial charge is 0.497 e. The van der Waals surface area contributed by atoms with Gasteiger partial charge in [-0.15, -0.1) is 0 Å². The van der Waals surface area contributed by atoms with Crippen molar-refractivity contribution in [2.75, 3.05) is 13.7 Å². The Bertz CT molecular complexity index is 1020. The molecule has 0 radical (unpaired) electrons. The predicted octanol–water partition coefficient (Wildman–Crippen LogP) is 2.92. The maximum Gasteiger partial charge on any atom is 0.206 e. The van der Waals surface area contributed by atoms with Crippen molar-refractivity contribution in [3.63, 3.8) is 0 Å². The Hall–Kier alpha value is -2.31. The Kier molecular flexibility index (Phi) is 3.58. The number of benzene rings is 2. The molecule has 1 aliphatic heterocycles. The predicted molar refractivity (Wildman–Crippen MR) is 90.1 cm³/mol. The Morgan fingerprint density at radius 3 is 2.79 bits per heavy atom. The lowest BCUT2D eigenvalue weighted by atomic mass is 10.1. The second-order valence-corrected chi connectivity index (χ2v) is 7.72. The van der Waals surface area contributed by atoms with Crippen LogP contribution < -0.4 is 10.1 Å². The molecule has 0 saturated carbocycles. The van der Waals surface area contributed by atoms with Crippen LogP contribution in [0.2, 0.25) is 0 Å². The van der Waals surface area contributed by atoms with Gasteiger partial charge in [0.1, 0.15) is 17.1 Å². The van der Waals surface area contributed by atoms with E-state index in [1.807, 2.05) is 0 Å². The van der Waals surface area contributed by atoms with Gasteiger partial charge in [0, 0.05) is 10.9 Å². The number of methoxy groups -OCH3 is 1. The van der Waals surface area contributed by atoms with Crippen LogP contribution in [-0.4, -0.2) is 22.1 Å². The van der Waals surface area contributed by atoms with E-state index in [2.05, 4.69) is 5.32 Å². The minimum atomic E-state index is -3.60. The van der Waals surface area contributed by atoms with Crippen LogP contribution in [-0.2, 0) is 22.8 Å². The van der Waals surface area contributed by atoms with Crippen LogP contribution in [0.15, 0.2) is 56.7 Å². The smallest absolute Gasteiger partial charge is 0.206 e. The first-order chi connectivity index (χ1) is 11.6. The van der Waals surface area contributed by atoms with Crippen LogP contribution in [0.1, 0.15) is 11.3 Å². The molecule has 4 rings (SSSR count). The lowest BCUT2D eigenvalue weighted by molar-refractivity contribution is 0.413. The normalized spacial score (nSPS) is 14.5. The summed E-state index contributed by atoms with van der Waals surface area (Å²) in [5.74, 6) is 1.41. The molecule has 124 valence electrons. The molecule has 0 fully saturated rings. The van der Waals surface area contributed by atoms with E-state index >= 15 is 0 Å². The van der Waals surface area contributed by atoms with Gasteiger partial charge in [-0.05, 0) is 49.4 Å². The molecule has 2 aromatic carbocycles. The molecule has 0 atom stereocenters. The molecule has 0 spiro atoms. The van der Waals surface area contributed by atoms with E-state index in [1.54, 1.807) is 36.4 Å². The average Bonchev–Trinajstić information content (AvgIpc) is 2.99. The summed E-state index contributed by atoms with van der Waals surface area (Å²) in [5, 5.41) is 4.14. The average molecular weight is 343 g/mol. The second kappa shape index (κ2) is 5.65. The highest BCUT2D eigenvalue weighted by Crippen LogP contribution is 2.32. The van der Waals surface area contributed by atoms with Crippen LogP contribution in [0.4, 0.5) is 0 Å². The first kappa shape index (κ1) is 15.2. The SMILES string of the molecule is COc1cccc(S(=O)(=O)c2ccc3oc4c(c3c2)CCNC4)c1. The van der Waals surface area contributed by atoms with Crippen molar-refractivity contribution < 1.29 is 17.6 Å². The summed E-state index contributed by atoms with van der Waals surface area (Å²) in [6, 6.07) is 11.6. The van der Waals surface area contributed by atoms with Gasteiger partial charge in [-0.25, -0.2) is 8.42 Å². The number of hydrogen-bond acceptors (Lipinski definition) is 5. The summed E-state index contributed by atoms with van der Waals surface area (Å²) < 4.78 is 36.8. The molecular formula is C18H17NO4S. The fourth-order valence-corrected chi connectivity index (χ4v) is 4.40. The van der Waals surface area contributed by atoms with Crippen molar-refractivity contribution >= 4 is 20.8 Å². The molecule has 1 aromatic heterocycles. The Labute approximate surface area is 140 Å². The number of sulfone groups is 1. The fraction of sp³-hybridized carbons (Fsp3) is 0.222. The lowest BCUT2D eigenvalue weighted by Crippen LogP contribution is -2.22. The standard InChI is InChI=1S/C18H17NO4S/c1-22-12-3-2-4-13(9-12)24(20,21)14-5-6-17-16(10-14)15-7-8-19-11-18(15)23-17/h2-6,9-10,19H,7-8,11H2,1H3. The molecule has 1 N–H and O–H groups in total. The van der Waals surface area contributed by atoms with Gasteiger partial charge < -0.3 is 14.5 Å².